The average molecular weight is 310 g/mol. The summed E-state index contributed by atoms with van der Waals surface area (Å²) in [5.41, 5.74) is 3.69. The molecule has 3 nitrogen and oxygen atoms in total. The molecule has 0 aliphatic carbocycles. The zero-order chi connectivity index (χ0) is 16.6. The lowest BCUT2D eigenvalue weighted by Crippen LogP contribution is -2.43. The van der Waals surface area contributed by atoms with Crippen LogP contribution in [0.15, 0.2) is 42.6 Å². The van der Waals surface area contributed by atoms with Gasteiger partial charge in [-0.2, -0.15) is 0 Å². The lowest BCUT2D eigenvalue weighted by atomic mass is 9.89. The maximum Gasteiger partial charge on any atom is 0.223 e. The van der Waals surface area contributed by atoms with Crippen LogP contribution in [0.4, 0.5) is 0 Å². The first kappa shape index (κ1) is 15.9. The lowest BCUT2D eigenvalue weighted by Gasteiger charge is -2.39. The number of nitrogens with zero attached hydrogens (tertiary/aromatic N) is 2. The minimum Gasteiger partial charge on any atom is -0.348 e. The van der Waals surface area contributed by atoms with Crippen molar-refractivity contribution in [3.63, 3.8) is 0 Å². The van der Waals surface area contributed by atoms with Gasteiger partial charge in [-0.1, -0.05) is 45.0 Å². The van der Waals surface area contributed by atoms with Crippen LogP contribution in [-0.2, 0) is 11.3 Å². The van der Waals surface area contributed by atoms with Gasteiger partial charge in [0.25, 0.3) is 0 Å². The van der Waals surface area contributed by atoms with Crippen molar-refractivity contribution in [2.75, 3.05) is 6.54 Å². The molecule has 1 amide bonds. The lowest BCUT2D eigenvalue weighted by molar-refractivity contribution is -0.135. The summed E-state index contributed by atoms with van der Waals surface area (Å²) in [6.07, 6.45) is 2.70. The zero-order valence-corrected chi connectivity index (χ0v) is 14.5. The summed E-state index contributed by atoms with van der Waals surface area (Å²) in [7, 11) is 0. The topological polar surface area (TPSA) is 25.2 Å². The van der Waals surface area contributed by atoms with Crippen LogP contribution in [-0.4, -0.2) is 21.9 Å². The smallest absolute Gasteiger partial charge is 0.223 e. The molecule has 1 atom stereocenters. The largest absolute Gasteiger partial charge is 0.348 e. The number of benzene rings is 1. The van der Waals surface area contributed by atoms with Crippen molar-refractivity contribution in [3.8, 4) is 0 Å². The van der Waals surface area contributed by atoms with E-state index in [1.54, 1.807) is 0 Å². The molecule has 3 heteroatoms. The van der Waals surface area contributed by atoms with Gasteiger partial charge in [0.1, 0.15) is 0 Å². The highest BCUT2D eigenvalue weighted by atomic mass is 16.2. The second-order valence-corrected chi connectivity index (χ2v) is 7.71. The third-order valence-electron chi connectivity index (χ3n) is 4.52. The summed E-state index contributed by atoms with van der Waals surface area (Å²) in [6.45, 7) is 10.2. The first-order valence-electron chi connectivity index (χ1n) is 8.37. The molecule has 0 saturated carbocycles. The van der Waals surface area contributed by atoms with Crippen LogP contribution in [0.1, 0.15) is 50.1 Å². The first-order valence-corrected chi connectivity index (χ1v) is 8.37. The molecule has 0 saturated heterocycles. The van der Waals surface area contributed by atoms with E-state index in [9.17, 15) is 4.79 Å². The van der Waals surface area contributed by atoms with Crippen molar-refractivity contribution in [1.29, 1.82) is 0 Å². The normalized spacial score (nSPS) is 17.9. The molecule has 1 aliphatic heterocycles. The molecule has 1 aliphatic rings. The van der Waals surface area contributed by atoms with Crippen molar-refractivity contribution in [1.82, 2.24) is 9.47 Å². The van der Waals surface area contributed by atoms with Crippen LogP contribution in [0.5, 0.6) is 0 Å². The third-order valence-corrected chi connectivity index (χ3v) is 4.52. The Morgan fingerprint density at radius 2 is 1.87 bits per heavy atom. The van der Waals surface area contributed by atoms with Gasteiger partial charge in [0.05, 0.1) is 6.04 Å². The fourth-order valence-corrected chi connectivity index (χ4v) is 3.43. The van der Waals surface area contributed by atoms with Crippen molar-refractivity contribution in [2.24, 2.45) is 5.41 Å². The molecule has 0 fully saturated rings. The zero-order valence-electron chi connectivity index (χ0n) is 14.5. The highest BCUT2D eigenvalue weighted by Gasteiger charge is 2.34. The molecule has 1 aromatic heterocycles. The van der Waals surface area contributed by atoms with Crippen LogP contribution in [0.25, 0.3) is 0 Å². The number of carbonyl (C=O) groups excluding carboxylic acids is 1. The third kappa shape index (κ3) is 3.19. The van der Waals surface area contributed by atoms with E-state index < -0.39 is 0 Å². The Labute approximate surface area is 138 Å². The molecular formula is C20H26N2O. The molecule has 1 unspecified atom stereocenters. The number of fused-ring (bicyclic) bond motifs is 1. The maximum atomic E-state index is 13.0. The van der Waals surface area contributed by atoms with E-state index in [0.29, 0.717) is 6.42 Å². The second kappa shape index (κ2) is 5.88. The summed E-state index contributed by atoms with van der Waals surface area (Å²) < 4.78 is 2.28. The highest BCUT2D eigenvalue weighted by Crippen LogP contribution is 2.35. The molecular weight excluding hydrogens is 284 g/mol. The number of hydrogen-bond donors (Lipinski definition) is 0. The highest BCUT2D eigenvalue weighted by molar-refractivity contribution is 5.78. The van der Waals surface area contributed by atoms with Gasteiger partial charge in [0.15, 0.2) is 0 Å². The molecule has 23 heavy (non-hydrogen) atoms. The van der Waals surface area contributed by atoms with E-state index in [-0.39, 0.29) is 17.4 Å². The maximum absolute atomic E-state index is 13.0. The molecule has 0 spiro atoms. The summed E-state index contributed by atoms with van der Waals surface area (Å²) in [4.78, 5) is 15.0. The van der Waals surface area contributed by atoms with E-state index in [0.717, 1.165) is 13.1 Å². The van der Waals surface area contributed by atoms with Gasteiger partial charge in [-0.15, -0.1) is 0 Å². The SMILES string of the molecule is Cc1ccccc1C1c2cccn2CCN1C(=O)CC(C)(C)C. The van der Waals surface area contributed by atoms with Crippen LogP contribution in [0.2, 0.25) is 0 Å². The van der Waals surface area contributed by atoms with Gasteiger partial charge < -0.3 is 9.47 Å². The Morgan fingerprint density at radius 3 is 2.57 bits per heavy atom. The quantitative estimate of drug-likeness (QED) is 0.817. The van der Waals surface area contributed by atoms with Gasteiger partial charge in [-0.05, 0) is 35.6 Å². The van der Waals surface area contributed by atoms with E-state index >= 15 is 0 Å². The van der Waals surface area contributed by atoms with Crippen molar-refractivity contribution in [2.45, 2.75) is 46.7 Å². The van der Waals surface area contributed by atoms with E-state index in [4.69, 9.17) is 0 Å². The number of rotatable bonds is 2. The number of carbonyl (C=O) groups is 1. The van der Waals surface area contributed by atoms with Gasteiger partial charge in [0, 0.05) is 31.4 Å². The minimum absolute atomic E-state index is 0.00675. The fourth-order valence-electron chi connectivity index (χ4n) is 3.43. The van der Waals surface area contributed by atoms with Crippen LogP contribution >= 0.6 is 0 Å². The summed E-state index contributed by atoms with van der Waals surface area (Å²) in [5, 5.41) is 0. The Bertz CT molecular complexity index is 708. The summed E-state index contributed by atoms with van der Waals surface area (Å²) >= 11 is 0. The van der Waals surface area contributed by atoms with Crippen LogP contribution in [0, 0.1) is 12.3 Å². The van der Waals surface area contributed by atoms with Gasteiger partial charge in [-0.25, -0.2) is 0 Å². The van der Waals surface area contributed by atoms with E-state index in [2.05, 4.69) is 79.8 Å². The minimum atomic E-state index is 0.00675. The van der Waals surface area contributed by atoms with Crippen LogP contribution < -0.4 is 0 Å². The molecule has 1 aromatic carbocycles. The van der Waals surface area contributed by atoms with Crippen molar-refractivity contribution in [3.05, 3.63) is 59.4 Å². The molecule has 2 heterocycles. The van der Waals surface area contributed by atoms with Crippen molar-refractivity contribution < 1.29 is 4.79 Å². The predicted molar refractivity (Wildman–Crippen MR) is 93.2 cm³/mol. The second-order valence-electron chi connectivity index (χ2n) is 7.71. The number of aryl methyl sites for hydroxylation is 1. The molecule has 2 aromatic rings. The van der Waals surface area contributed by atoms with Crippen LogP contribution in [0.3, 0.4) is 0 Å². The fraction of sp³-hybridized carbons (Fsp3) is 0.450. The molecule has 0 N–H and O–H groups in total. The standard InChI is InChI=1S/C20H26N2O/c1-15-8-5-6-9-16(15)19-17-10-7-11-21(17)12-13-22(19)18(23)14-20(2,3)4/h5-11,19H,12-14H2,1-4H3. The molecule has 3 rings (SSSR count). The first-order chi connectivity index (χ1) is 10.9. The van der Waals surface area contributed by atoms with Gasteiger partial charge in [-0.3, -0.25) is 4.79 Å². The number of hydrogen-bond acceptors (Lipinski definition) is 1. The van der Waals surface area contributed by atoms with E-state index in [1.165, 1.54) is 16.8 Å². The van der Waals surface area contributed by atoms with Gasteiger partial charge in [0.2, 0.25) is 5.91 Å². The van der Waals surface area contributed by atoms with E-state index in [1.807, 2.05) is 0 Å². The Kier molecular flexibility index (Phi) is 4.05. The summed E-state index contributed by atoms with van der Waals surface area (Å²) in [6, 6.07) is 12.7. The van der Waals surface area contributed by atoms with Gasteiger partial charge >= 0.3 is 0 Å². The molecule has 122 valence electrons. The Balaban J connectivity index is 2.02. The number of aromatic nitrogens is 1. The molecule has 0 radical (unpaired) electrons. The Hall–Kier alpha value is -2.03. The van der Waals surface area contributed by atoms with Crippen molar-refractivity contribution >= 4 is 5.91 Å². The molecule has 0 bridgehead atoms. The summed E-state index contributed by atoms with van der Waals surface area (Å²) in [5.74, 6) is 0.248. The predicted octanol–water partition coefficient (Wildman–Crippen LogP) is 4.16. The monoisotopic (exact) mass is 310 g/mol. The Morgan fingerprint density at radius 1 is 1.13 bits per heavy atom. The number of amides is 1. The average Bonchev–Trinajstić information content (AvgIpc) is 2.93.